The number of aliphatic carboxylic acids is 3. The van der Waals surface area contributed by atoms with Crippen LogP contribution in [0.4, 0.5) is 0 Å². The van der Waals surface area contributed by atoms with Crippen LogP contribution in [0.15, 0.2) is 121 Å². The first-order valence-electron chi connectivity index (χ1n) is 20.1. The van der Waals surface area contributed by atoms with E-state index in [0.29, 0.717) is 52.4 Å². The predicted octanol–water partition coefficient (Wildman–Crippen LogP) is 5.53. The van der Waals surface area contributed by atoms with Crippen LogP contribution in [0.1, 0.15) is 35.1 Å². The first-order valence-corrected chi connectivity index (χ1v) is 20.1. The van der Waals surface area contributed by atoms with E-state index in [1.807, 2.05) is 121 Å². The topological polar surface area (TPSA) is 159 Å². The fourth-order valence-electron chi connectivity index (χ4n) is 6.71. The number of rotatable bonds is 32. The normalized spacial score (nSPS) is 12.5. The van der Waals surface area contributed by atoms with Gasteiger partial charge in [-0.1, -0.05) is 121 Å². The van der Waals surface area contributed by atoms with E-state index in [0.717, 1.165) is 22.3 Å². The van der Waals surface area contributed by atoms with Crippen molar-refractivity contribution >= 4 is 17.9 Å². The van der Waals surface area contributed by atoms with Crippen LogP contribution in [0.5, 0.6) is 0 Å². The molecule has 3 N–H and O–H groups in total. The molecule has 0 aliphatic heterocycles. The Labute approximate surface area is 347 Å². The van der Waals surface area contributed by atoms with Crippen LogP contribution < -0.4 is 0 Å². The summed E-state index contributed by atoms with van der Waals surface area (Å²) in [5.41, 5.74) is 3.96. The lowest BCUT2D eigenvalue weighted by Gasteiger charge is -2.38. The Bertz CT molecular complexity index is 1620. The fraction of sp³-hybridized carbons (Fsp3) is 0.413. The molecular formula is C46H59N3O10. The van der Waals surface area contributed by atoms with E-state index in [9.17, 15) is 29.7 Å². The van der Waals surface area contributed by atoms with Gasteiger partial charge in [0.05, 0.1) is 59.3 Å². The molecular weight excluding hydrogens is 755 g/mol. The SMILES string of the molecule is O=C(O)CN(CC(COCc1ccccc1)N(CCCOCc1ccccc1)CC(=O)O)CC(COCc1ccccc1)N(CCCOCc1ccccc1)CC(=O)O. The average molecular weight is 814 g/mol. The molecule has 0 bridgehead atoms. The van der Waals surface area contributed by atoms with Crippen molar-refractivity contribution < 1.29 is 48.7 Å². The van der Waals surface area contributed by atoms with Gasteiger partial charge in [-0.3, -0.25) is 29.1 Å². The van der Waals surface area contributed by atoms with Crippen LogP contribution in [0.3, 0.4) is 0 Å². The molecule has 0 saturated heterocycles. The van der Waals surface area contributed by atoms with Gasteiger partial charge in [-0.05, 0) is 35.1 Å². The second kappa shape index (κ2) is 27.7. The minimum atomic E-state index is -1.07. The second-order valence-corrected chi connectivity index (χ2v) is 14.4. The van der Waals surface area contributed by atoms with Crippen molar-refractivity contribution in [2.24, 2.45) is 0 Å². The summed E-state index contributed by atoms with van der Waals surface area (Å²) in [5, 5.41) is 30.2. The quantitative estimate of drug-likeness (QED) is 0.0530. The lowest BCUT2D eigenvalue weighted by molar-refractivity contribution is -0.142. The Kier molecular flexibility index (Phi) is 21.9. The molecule has 0 spiro atoms. The molecule has 0 aliphatic rings. The van der Waals surface area contributed by atoms with Crippen molar-refractivity contribution in [2.45, 2.75) is 51.4 Å². The highest BCUT2D eigenvalue weighted by Gasteiger charge is 2.29. The van der Waals surface area contributed by atoms with Crippen LogP contribution in [-0.2, 0) is 59.8 Å². The van der Waals surface area contributed by atoms with Gasteiger partial charge in [-0.2, -0.15) is 0 Å². The largest absolute Gasteiger partial charge is 0.480 e. The Morgan fingerprint density at radius 1 is 0.441 bits per heavy atom. The lowest BCUT2D eigenvalue weighted by atomic mass is 10.1. The van der Waals surface area contributed by atoms with Gasteiger partial charge in [0.15, 0.2) is 0 Å². The molecule has 4 aromatic rings. The van der Waals surface area contributed by atoms with Gasteiger partial charge in [0.1, 0.15) is 0 Å². The third kappa shape index (κ3) is 20.0. The highest BCUT2D eigenvalue weighted by Crippen LogP contribution is 2.14. The number of carboxylic acid groups (broad SMARTS) is 3. The molecule has 2 atom stereocenters. The Balaban J connectivity index is 1.52. The molecule has 13 nitrogen and oxygen atoms in total. The molecule has 59 heavy (non-hydrogen) atoms. The molecule has 13 heteroatoms. The Hall–Kier alpha value is -4.99. The van der Waals surface area contributed by atoms with Gasteiger partial charge in [-0.25, -0.2) is 0 Å². The van der Waals surface area contributed by atoms with E-state index in [-0.39, 0.29) is 59.2 Å². The van der Waals surface area contributed by atoms with Gasteiger partial charge in [0, 0.05) is 51.5 Å². The summed E-state index contributed by atoms with van der Waals surface area (Å²) < 4.78 is 24.2. The number of hydrogen-bond donors (Lipinski definition) is 3. The van der Waals surface area contributed by atoms with Gasteiger partial charge < -0.3 is 34.3 Å². The average Bonchev–Trinajstić information content (AvgIpc) is 3.23. The molecule has 0 heterocycles. The van der Waals surface area contributed by atoms with Crippen molar-refractivity contribution in [2.75, 3.05) is 72.2 Å². The van der Waals surface area contributed by atoms with E-state index < -0.39 is 30.0 Å². The third-order valence-electron chi connectivity index (χ3n) is 9.54. The van der Waals surface area contributed by atoms with Crippen molar-refractivity contribution in [1.82, 2.24) is 14.7 Å². The van der Waals surface area contributed by atoms with Gasteiger partial charge >= 0.3 is 17.9 Å². The highest BCUT2D eigenvalue weighted by molar-refractivity contribution is 5.70. The zero-order valence-electron chi connectivity index (χ0n) is 33.8. The lowest BCUT2D eigenvalue weighted by Crippen LogP contribution is -2.54. The van der Waals surface area contributed by atoms with Crippen LogP contribution in [0.25, 0.3) is 0 Å². The van der Waals surface area contributed by atoms with Crippen molar-refractivity contribution in [1.29, 1.82) is 0 Å². The number of carboxylic acids is 3. The maximum absolute atomic E-state index is 12.4. The van der Waals surface area contributed by atoms with Crippen molar-refractivity contribution in [3.8, 4) is 0 Å². The molecule has 0 amide bonds. The Morgan fingerprint density at radius 2 is 0.746 bits per heavy atom. The first kappa shape index (κ1) is 46.7. The van der Waals surface area contributed by atoms with Gasteiger partial charge in [0.2, 0.25) is 0 Å². The molecule has 4 rings (SSSR count). The van der Waals surface area contributed by atoms with Gasteiger partial charge in [-0.15, -0.1) is 0 Å². The summed E-state index contributed by atoms with van der Waals surface area (Å²) in [6, 6.07) is 37.7. The number of nitrogens with zero attached hydrogens (tertiary/aromatic N) is 3. The first-order chi connectivity index (χ1) is 28.7. The summed E-state index contributed by atoms with van der Waals surface area (Å²) in [5.74, 6) is -3.12. The van der Waals surface area contributed by atoms with E-state index in [4.69, 9.17) is 18.9 Å². The molecule has 0 saturated carbocycles. The maximum Gasteiger partial charge on any atom is 0.317 e. The minimum Gasteiger partial charge on any atom is -0.480 e. The van der Waals surface area contributed by atoms with E-state index in [1.54, 1.807) is 14.7 Å². The standard InChI is InChI=1S/C46H59N3O10/c50-44(51)29-47(27-42(36-58-34-40-19-9-3-10-20-40)48(30-45(52)53)23-13-25-56-32-38-15-5-1-6-16-38)28-43(37-59-35-41-21-11-4-12-22-41)49(31-46(54)55)24-14-26-57-33-39-17-7-2-8-18-39/h1-12,15-22,42-43H,13-14,23-37H2,(H,50,51)(H,52,53)(H,54,55). The molecule has 0 aromatic heterocycles. The van der Waals surface area contributed by atoms with Crippen LogP contribution in [0, 0.1) is 0 Å². The van der Waals surface area contributed by atoms with E-state index in [2.05, 4.69) is 0 Å². The Morgan fingerprint density at radius 3 is 1.05 bits per heavy atom. The number of benzene rings is 4. The molecule has 4 aromatic carbocycles. The zero-order chi connectivity index (χ0) is 41.9. The summed E-state index contributed by atoms with van der Waals surface area (Å²) in [6.45, 7) is 2.47. The maximum atomic E-state index is 12.4. The summed E-state index contributed by atoms with van der Waals surface area (Å²) in [6.07, 6.45) is 1.06. The van der Waals surface area contributed by atoms with Crippen LogP contribution in [-0.4, -0.2) is 132 Å². The monoisotopic (exact) mass is 813 g/mol. The molecule has 0 fully saturated rings. The number of carbonyl (C=O) groups is 3. The minimum absolute atomic E-state index is 0.121. The molecule has 0 radical (unpaired) electrons. The number of hydrogen-bond acceptors (Lipinski definition) is 10. The summed E-state index contributed by atoms with van der Waals surface area (Å²) in [7, 11) is 0. The fourth-order valence-corrected chi connectivity index (χ4v) is 6.71. The van der Waals surface area contributed by atoms with Crippen LogP contribution in [0.2, 0.25) is 0 Å². The predicted molar refractivity (Wildman–Crippen MR) is 224 cm³/mol. The van der Waals surface area contributed by atoms with E-state index >= 15 is 0 Å². The summed E-state index contributed by atoms with van der Waals surface area (Å²) >= 11 is 0. The summed E-state index contributed by atoms with van der Waals surface area (Å²) in [4.78, 5) is 42.3. The second-order valence-electron chi connectivity index (χ2n) is 14.4. The molecule has 0 aliphatic carbocycles. The highest BCUT2D eigenvalue weighted by atomic mass is 16.5. The molecule has 318 valence electrons. The zero-order valence-corrected chi connectivity index (χ0v) is 33.8. The van der Waals surface area contributed by atoms with Crippen molar-refractivity contribution in [3.63, 3.8) is 0 Å². The van der Waals surface area contributed by atoms with Crippen molar-refractivity contribution in [3.05, 3.63) is 144 Å². The van der Waals surface area contributed by atoms with E-state index in [1.165, 1.54) is 0 Å². The van der Waals surface area contributed by atoms with Crippen LogP contribution >= 0.6 is 0 Å². The molecule has 2 unspecified atom stereocenters. The third-order valence-corrected chi connectivity index (χ3v) is 9.54. The number of ether oxygens (including phenoxy) is 4. The van der Waals surface area contributed by atoms with Gasteiger partial charge in [0.25, 0.3) is 0 Å². The smallest absolute Gasteiger partial charge is 0.317 e.